The lowest BCUT2D eigenvalue weighted by atomic mass is 10.1. The van der Waals surface area contributed by atoms with Crippen molar-refractivity contribution < 1.29 is 4.79 Å². The molecule has 0 bridgehead atoms. The van der Waals surface area contributed by atoms with Gasteiger partial charge in [0, 0.05) is 25.7 Å². The summed E-state index contributed by atoms with van der Waals surface area (Å²) < 4.78 is 0. The number of aliphatic imine (C=N–C) groups is 1. The second-order valence-corrected chi connectivity index (χ2v) is 7.33. The van der Waals surface area contributed by atoms with Crippen LogP contribution in [0.2, 0.25) is 0 Å². The van der Waals surface area contributed by atoms with E-state index in [9.17, 15) is 4.79 Å². The van der Waals surface area contributed by atoms with Crippen molar-refractivity contribution >= 4 is 11.9 Å². The molecule has 3 aromatic rings. The Morgan fingerprint density at radius 2 is 1.94 bits per heavy atom. The van der Waals surface area contributed by atoms with Gasteiger partial charge in [0.1, 0.15) is 5.82 Å². The molecule has 0 saturated carbocycles. The van der Waals surface area contributed by atoms with Crippen LogP contribution in [0.3, 0.4) is 0 Å². The summed E-state index contributed by atoms with van der Waals surface area (Å²) in [6.07, 6.45) is 1.85. The number of imidazole rings is 1. The van der Waals surface area contributed by atoms with Crippen molar-refractivity contribution in [2.45, 2.75) is 20.4 Å². The summed E-state index contributed by atoms with van der Waals surface area (Å²) in [7, 11) is 1.97. The first-order valence-corrected chi connectivity index (χ1v) is 10.5. The van der Waals surface area contributed by atoms with E-state index in [1.54, 1.807) is 0 Å². The van der Waals surface area contributed by atoms with Crippen LogP contribution in [-0.4, -0.2) is 53.4 Å². The molecule has 0 atom stereocenters. The molecule has 7 heteroatoms. The van der Waals surface area contributed by atoms with Gasteiger partial charge in [0.15, 0.2) is 5.96 Å². The number of nitrogens with zero attached hydrogens (tertiary/aromatic N) is 3. The Kier molecular flexibility index (Phi) is 7.81. The average Bonchev–Trinajstić information content (AvgIpc) is 3.24. The third-order valence-corrected chi connectivity index (χ3v) is 4.74. The molecule has 7 nitrogen and oxygen atoms in total. The number of carbonyl (C=O) groups is 1. The average molecular weight is 419 g/mol. The molecule has 0 radical (unpaired) electrons. The molecule has 31 heavy (non-hydrogen) atoms. The van der Waals surface area contributed by atoms with Gasteiger partial charge in [-0.05, 0) is 31.5 Å². The van der Waals surface area contributed by atoms with E-state index in [1.165, 1.54) is 0 Å². The number of aromatic amines is 1. The first-order valence-electron chi connectivity index (χ1n) is 10.5. The highest BCUT2D eigenvalue weighted by molar-refractivity contribution is 5.94. The molecule has 0 spiro atoms. The summed E-state index contributed by atoms with van der Waals surface area (Å²) in [6.45, 7) is 6.30. The summed E-state index contributed by atoms with van der Waals surface area (Å²) in [5.74, 6) is 1.55. The zero-order valence-corrected chi connectivity index (χ0v) is 18.4. The predicted octanol–water partition coefficient (Wildman–Crippen LogP) is 3.21. The van der Waals surface area contributed by atoms with Gasteiger partial charge in [-0.15, -0.1) is 0 Å². The fraction of sp³-hybridized carbons (Fsp3) is 0.292. The molecular formula is C24H30N6O. The number of hydrogen-bond donors (Lipinski definition) is 3. The number of rotatable bonds is 8. The van der Waals surface area contributed by atoms with E-state index in [0.29, 0.717) is 25.2 Å². The molecule has 2 aromatic carbocycles. The van der Waals surface area contributed by atoms with E-state index >= 15 is 0 Å². The number of benzene rings is 2. The molecule has 3 N–H and O–H groups in total. The molecule has 0 aliphatic carbocycles. The van der Waals surface area contributed by atoms with Crippen LogP contribution in [0.15, 0.2) is 65.8 Å². The highest BCUT2D eigenvalue weighted by atomic mass is 16.1. The first kappa shape index (κ1) is 22.1. The first-order chi connectivity index (χ1) is 15.1. The van der Waals surface area contributed by atoms with Gasteiger partial charge in [-0.1, -0.05) is 48.0 Å². The Morgan fingerprint density at radius 3 is 2.68 bits per heavy atom. The molecule has 1 aromatic heterocycles. The van der Waals surface area contributed by atoms with Crippen molar-refractivity contribution in [1.29, 1.82) is 0 Å². The quantitative estimate of drug-likeness (QED) is 0.298. The summed E-state index contributed by atoms with van der Waals surface area (Å²) in [5.41, 5.74) is 3.83. The van der Waals surface area contributed by atoms with Crippen molar-refractivity contribution in [3.8, 4) is 11.3 Å². The Hall–Kier alpha value is -3.61. The van der Waals surface area contributed by atoms with Crippen LogP contribution in [0, 0.1) is 6.92 Å². The summed E-state index contributed by atoms with van der Waals surface area (Å²) >= 11 is 0. The van der Waals surface area contributed by atoms with Crippen LogP contribution < -0.4 is 10.6 Å². The molecule has 1 heterocycles. The molecule has 162 valence electrons. The second kappa shape index (κ2) is 11.0. The van der Waals surface area contributed by atoms with E-state index in [2.05, 4.69) is 37.7 Å². The summed E-state index contributed by atoms with van der Waals surface area (Å²) in [6, 6.07) is 17.7. The zero-order chi connectivity index (χ0) is 22.1. The smallest absolute Gasteiger partial charge is 0.251 e. The van der Waals surface area contributed by atoms with Gasteiger partial charge in [-0.25, -0.2) is 4.98 Å². The SMILES string of the molecule is CCNC(=NCCNC(=O)c1cccc(C)c1)N(C)Cc1ncc(-c2ccccc2)[nH]1. The van der Waals surface area contributed by atoms with E-state index in [1.807, 2.05) is 74.5 Å². The molecule has 0 aliphatic heterocycles. The van der Waals surface area contributed by atoms with Crippen molar-refractivity contribution in [3.05, 3.63) is 77.7 Å². The summed E-state index contributed by atoms with van der Waals surface area (Å²) in [5, 5.41) is 6.21. The van der Waals surface area contributed by atoms with Crippen molar-refractivity contribution in [3.63, 3.8) is 0 Å². The van der Waals surface area contributed by atoms with Crippen LogP contribution in [-0.2, 0) is 6.54 Å². The fourth-order valence-electron chi connectivity index (χ4n) is 3.20. The molecule has 1 amide bonds. The Morgan fingerprint density at radius 1 is 1.13 bits per heavy atom. The van der Waals surface area contributed by atoms with Crippen molar-refractivity contribution in [2.75, 3.05) is 26.7 Å². The largest absolute Gasteiger partial charge is 0.357 e. The number of carbonyl (C=O) groups excluding carboxylic acids is 1. The van der Waals surface area contributed by atoms with Gasteiger partial charge in [-0.3, -0.25) is 9.79 Å². The molecule has 0 aliphatic rings. The number of aryl methyl sites for hydroxylation is 1. The molecule has 3 rings (SSSR count). The summed E-state index contributed by atoms with van der Waals surface area (Å²) in [4.78, 5) is 26.8. The number of H-pyrrole nitrogens is 1. The number of hydrogen-bond acceptors (Lipinski definition) is 3. The van der Waals surface area contributed by atoms with Crippen LogP contribution in [0.25, 0.3) is 11.3 Å². The van der Waals surface area contributed by atoms with Crippen LogP contribution in [0.5, 0.6) is 0 Å². The van der Waals surface area contributed by atoms with E-state index < -0.39 is 0 Å². The highest BCUT2D eigenvalue weighted by Gasteiger charge is 2.10. The lowest BCUT2D eigenvalue weighted by Crippen LogP contribution is -2.39. The third kappa shape index (κ3) is 6.44. The maximum absolute atomic E-state index is 12.3. The molecule has 0 saturated heterocycles. The number of aromatic nitrogens is 2. The minimum Gasteiger partial charge on any atom is -0.357 e. The number of nitrogens with one attached hydrogen (secondary N) is 3. The highest BCUT2D eigenvalue weighted by Crippen LogP contribution is 2.16. The molecule has 0 unspecified atom stereocenters. The predicted molar refractivity (Wildman–Crippen MR) is 125 cm³/mol. The van der Waals surface area contributed by atoms with Gasteiger partial charge in [0.05, 0.1) is 25.0 Å². The normalized spacial score (nSPS) is 11.3. The lowest BCUT2D eigenvalue weighted by Gasteiger charge is -2.21. The Balaban J connectivity index is 1.55. The van der Waals surface area contributed by atoms with Gasteiger partial charge in [0.2, 0.25) is 0 Å². The fourth-order valence-corrected chi connectivity index (χ4v) is 3.20. The van der Waals surface area contributed by atoms with Crippen LogP contribution in [0.1, 0.15) is 28.7 Å². The minimum atomic E-state index is -0.0821. The van der Waals surface area contributed by atoms with E-state index in [0.717, 1.165) is 35.1 Å². The third-order valence-electron chi connectivity index (χ3n) is 4.74. The topological polar surface area (TPSA) is 85.4 Å². The molecule has 0 fully saturated rings. The van der Waals surface area contributed by atoms with Crippen LogP contribution in [0.4, 0.5) is 0 Å². The second-order valence-electron chi connectivity index (χ2n) is 7.33. The maximum atomic E-state index is 12.3. The van der Waals surface area contributed by atoms with Gasteiger partial charge in [0.25, 0.3) is 5.91 Å². The monoisotopic (exact) mass is 418 g/mol. The minimum absolute atomic E-state index is 0.0821. The Labute approximate surface area is 183 Å². The lowest BCUT2D eigenvalue weighted by molar-refractivity contribution is 0.0954. The Bertz CT molecular complexity index is 1010. The van der Waals surface area contributed by atoms with E-state index in [-0.39, 0.29) is 5.91 Å². The maximum Gasteiger partial charge on any atom is 0.251 e. The standard InChI is InChI=1S/C24H30N6O/c1-4-25-24(27-14-13-26-23(31)20-12-8-9-18(2)15-20)30(3)17-22-28-16-21(29-22)19-10-6-5-7-11-19/h5-12,15-16H,4,13-14,17H2,1-3H3,(H,25,27)(H,26,31)(H,28,29). The van der Waals surface area contributed by atoms with Crippen LogP contribution >= 0.6 is 0 Å². The van der Waals surface area contributed by atoms with E-state index in [4.69, 9.17) is 0 Å². The zero-order valence-electron chi connectivity index (χ0n) is 18.4. The molecular weight excluding hydrogens is 388 g/mol. The van der Waals surface area contributed by atoms with Gasteiger partial charge >= 0.3 is 0 Å². The van der Waals surface area contributed by atoms with Gasteiger partial charge in [-0.2, -0.15) is 0 Å². The number of amides is 1. The van der Waals surface area contributed by atoms with Gasteiger partial charge < -0.3 is 20.5 Å². The van der Waals surface area contributed by atoms with Crippen molar-refractivity contribution in [1.82, 2.24) is 25.5 Å². The van der Waals surface area contributed by atoms with Crippen molar-refractivity contribution in [2.24, 2.45) is 4.99 Å². The number of guanidine groups is 1.